The monoisotopic (exact) mass is 390 g/mol. The van der Waals surface area contributed by atoms with Gasteiger partial charge in [-0.25, -0.2) is 4.79 Å². The Bertz CT molecular complexity index is 553. The first-order chi connectivity index (χ1) is 13.2. The third kappa shape index (κ3) is 7.10. The van der Waals surface area contributed by atoms with Gasteiger partial charge in [-0.2, -0.15) is 0 Å². The van der Waals surface area contributed by atoms with Crippen LogP contribution in [0.1, 0.15) is 60.3 Å². The average Bonchev–Trinajstić information content (AvgIpc) is 2.63. The fourth-order valence-electron chi connectivity index (χ4n) is 4.10. The summed E-state index contributed by atoms with van der Waals surface area (Å²) < 4.78 is 11.9. The number of hydrogen-bond acceptors (Lipinski definition) is 4. The summed E-state index contributed by atoms with van der Waals surface area (Å²) in [6.45, 7) is 12.6. The van der Waals surface area contributed by atoms with Crippen LogP contribution in [-0.2, 0) is 9.47 Å². The molecule has 2 aliphatic rings. The molecule has 0 saturated carbocycles. The second kappa shape index (κ2) is 10.3. The number of ether oxygens (including phenoxy) is 2. The van der Waals surface area contributed by atoms with Crippen molar-refractivity contribution in [2.24, 2.45) is 0 Å². The topological polar surface area (TPSA) is 50.8 Å². The van der Waals surface area contributed by atoms with E-state index in [0.717, 1.165) is 38.8 Å². The standard InChI is InChI=1S/C17H32N2O3.C6H6/c1-6-19(15(20)22-16(3,4)5)14-11-13(2)21-17(12-14)7-9-18-10-8-17;1-2-4-6-5-3-1/h13-14,18H,6-12H2,1-5H3;1-6H. The van der Waals surface area contributed by atoms with E-state index < -0.39 is 5.60 Å². The smallest absolute Gasteiger partial charge is 0.410 e. The first-order valence-electron chi connectivity index (χ1n) is 10.6. The van der Waals surface area contributed by atoms with Crippen LogP contribution in [0.2, 0.25) is 0 Å². The number of benzene rings is 1. The molecule has 2 atom stereocenters. The molecule has 5 nitrogen and oxygen atoms in total. The Morgan fingerprint density at radius 3 is 2.14 bits per heavy atom. The Morgan fingerprint density at radius 2 is 1.68 bits per heavy atom. The predicted molar refractivity (Wildman–Crippen MR) is 113 cm³/mol. The summed E-state index contributed by atoms with van der Waals surface area (Å²) >= 11 is 0. The molecule has 158 valence electrons. The highest BCUT2D eigenvalue weighted by atomic mass is 16.6. The molecule has 0 aliphatic carbocycles. The molecule has 1 N–H and O–H groups in total. The third-order valence-electron chi connectivity index (χ3n) is 5.25. The van der Waals surface area contributed by atoms with Gasteiger partial charge >= 0.3 is 6.09 Å². The van der Waals surface area contributed by atoms with Crippen LogP contribution in [0, 0.1) is 0 Å². The minimum atomic E-state index is -0.451. The molecule has 0 aromatic heterocycles. The van der Waals surface area contributed by atoms with E-state index in [4.69, 9.17) is 9.47 Å². The maximum Gasteiger partial charge on any atom is 0.410 e. The van der Waals surface area contributed by atoms with Crippen molar-refractivity contribution in [1.29, 1.82) is 0 Å². The Hall–Kier alpha value is -1.59. The number of nitrogens with one attached hydrogen (secondary N) is 1. The summed E-state index contributed by atoms with van der Waals surface area (Å²) in [5, 5.41) is 3.40. The van der Waals surface area contributed by atoms with E-state index in [1.165, 1.54) is 0 Å². The van der Waals surface area contributed by atoms with Crippen LogP contribution in [-0.4, -0.2) is 54.0 Å². The Labute approximate surface area is 170 Å². The quantitative estimate of drug-likeness (QED) is 0.800. The summed E-state index contributed by atoms with van der Waals surface area (Å²) in [5.74, 6) is 0. The molecule has 2 heterocycles. The van der Waals surface area contributed by atoms with Crippen molar-refractivity contribution in [3.05, 3.63) is 36.4 Å². The van der Waals surface area contributed by atoms with Crippen LogP contribution in [0.15, 0.2) is 36.4 Å². The molecule has 0 bridgehead atoms. The van der Waals surface area contributed by atoms with Crippen LogP contribution >= 0.6 is 0 Å². The van der Waals surface area contributed by atoms with Gasteiger partial charge in [0.1, 0.15) is 5.60 Å². The van der Waals surface area contributed by atoms with Crippen molar-refractivity contribution >= 4 is 6.09 Å². The number of rotatable bonds is 2. The lowest BCUT2D eigenvalue weighted by Gasteiger charge is -2.48. The largest absolute Gasteiger partial charge is 0.444 e. The molecular weight excluding hydrogens is 352 g/mol. The highest BCUT2D eigenvalue weighted by Gasteiger charge is 2.44. The molecule has 2 saturated heterocycles. The number of hydrogen-bond donors (Lipinski definition) is 1. The van der Waals surface area contributed by atoms with Crippen LogP contribution < -0.4 is 5.32 Å². The zero-order valence-corrected chi connectivity index (χ0v) is 18.2. The van der Waals surface area contributed by atoms with Gasteiger partial charge in [-0.05, 0) is 73.4 Å². The van der Waals surface area contributed by atoms with Crippen molar-refractivity contribution < 1.29 is 14.3 Å². The van der Waals surface area contributed by atoms with Gasteiger partial charge in [0.25, 0.3) is 0 Å². The normalized spacial score (nSPS) is 24.0. The van der Waals surface area contributed by atoms with E-state index in [1.54, 1.807) is 0 Å². The molecule has 3 rings (SSSR count). The Balaban J connectivity index is 0.000000397. The zero-order chi connectivity index (χ0) is 20.6. The number of piperidine rings is 1. The van der Waals surface area contributed by atoms with Gasteiger partial charge in [-0.3, -0.25) is 0 Å². The number of carbonyl (C=O) groups is 1. The van der Waals surface area contributed by atoms with E-state index in [2.05, 4.69) is 12.2 Å². The molecule has 28 heavy (non-hydrogen) atoms. The summed E-state index contributed by atoms with van der Waals surface area (Å²) in [5.41, 5.74) is -0.517. The lowest BCUT2D eigenvalue weighted by atomic mass is 9.81. The second-order valence-electron chi connectivity index (χ2n) is 8.88. The number of nitrogens with zero attached hydrogens (tertiary/aromatic N) is 1. The van der Waals surface area contributed by atoms with Gasteiger partial charge in [-0.1, -0.05) is 36.4 Å². The predicted octanol–water partition coefficient (Wildman–Crippen LogP) is 4.62. The maximum atomic E-state index is 12.5. The number of amides is 1. The first kappa shape index (κ1) is 22.7. The molecule has 1 spiro atoms. The van der Waals surface area contributed by atoms with Gasteiger partial charge in [0.15, 0.2) is 0 Å². The van der Waals surface area contributed by atoms with Crippen LogP contribution in [0.5, 0.6) is 0 Å². The maximum absolute atomic E-state index is 12.5. The molecule has 0 radical (unpaired) electrons. The van der Waals surface area contributed by atoms with E-state index in [9.17, 15) is 4.79 Å². The molecule has 1 aromatic rings. The summed E-state index contributed by atoms with van der Waals surface area (Å²) in [6, 6.07) is 12.2. The van der Waals surface area contributed by atoms with Gasteiger partial charge in [-0.15, -0.1) is 0 Å². The lowest BCUT2D eigenvalue weighted by Crippen LogP contribution is -2.56. The molecule has 2 unspecified atom stereocenters. The van der Waals surface area contributed by atoms with E-state index in [-0.39, 0.29) is 23.8 Å². The highest BCUT2D eigenvalue weighted by Crippen LogP contribution is 2.38. The minimum Gasteiger partial charge on any atom is -0.444 e. The van der Waals surface area contributed by atoms with Crippen molar-refractivity contribution in [1.82, 2.24) is 10.2 Å². The molecular formula is C23H38N2O3. The van der Waals surface area contributed by atoms with Crippen molar-refractivity contribution in [2.45, 2.75) is 83.6 Å². The average molecular weight is 391 g/mol. The van der Waals surface area contributed by atoms with Crippen molar-refractivity contribution in [3.63, 3.8) is 0 Å². The fraction of sp³-hybridized carbons (Fsp3) is 0.696. The lowest BCUT2D eigenvalue weighted by molar-refractivity contribution is -0.155. The highest BCUT2D eigenvalue weighted by molar-refractivity contribution is 5.68. The first-order valence-corrected chi connectivity index (χ1v) is 10.6. The molecule has 5 heteroatoms. The van der Waals surface area contributed by atoms with Crippen LogP contribution in [0.25, 0.3) is 0 Å². The van der Waals surface area contributed by atoms with E-state index in [1.807, 2.05) is 69.0 Å². The Kier molecular flexibility index (Phi) is 8.32. The molecule has 1 amide bonds. The van der Waals surface area contributed by atoms with Gasteiger partial charge < -0.3 is 19.7 Å². The summed E-state index contributed by atoms with van der Waals surface area (Å²) in [7, 11) is 0. The molecule has 2 aliphatic heterocycles. The van der Waals surface area contributed by atoms with E-state index in [0.29, 0.717) is 6.54 Å². The summed E-state index contributed by atoms with van der Waals surface area (Å²) in [6.07, 6.45) is 3.86. The van der Waals surface area contributed by atoms with Gasteiger partial charge in [0.05, 0.1) is 11.7 Å². The van der Waals surface area contributed by atoms with Crippen molar-refractivity contribution in [2.75, 3.05) is 19.6 Å². The van der Waals surface area contributed by atoms with Gasteiger partial charge in [0.2, 0.25) is 0 Å². The summed E-state index contributed by atoms with van der Waals surface area (Å²) in [4.78, 5) is 14.4. The minimum absolute atomic E-state index is 0.0665. The van der Waals surface area contributed by atoms with Gasteiger partial charge in [0, 0.05) is 12.6 Å². The van der Waals surface area contributed by atoms with Crippen LogP contribution in [0.3, 0.4) is 0 Å². The SMILES string of the molecule is CCN(C(=O)OC(C)(C)C)C1CC(C)OC2(CCNCC2)C1.c1ccccc1. The van der Waals surface area contributed by atoms with E-state index >= 15 is 0 Å². The fourth-order valence-corrected chi connectivity index (χ4v) is 4.10. The molecule has 2 fully saturated rings. The third-order valence-corrected chi connectivity index (χ3v) is 5.25. The zero-order valence-electron chi connectivity index (χ0n) is 18.2. The van der Waals surface area contributed by atoms with Crippen LogP contribution in [0.4, 0.5) is 4.79 Å². The molecule has 1 aromatic carbocycles. The van der Waals surface area contributed by atoms with Crippen molar-refractivity contribution in [3.8, 4) is 0 Å². The number of carbonyl (C=O) groups excluding carboxylic acids is 1. The second-order valence-corrected chi connectivity index (χ2v) is 8.88. The Morgan fingerprint density at radius 1 is 1.14 bits per heavy atom.